The number of benzene rings is 1. The van der Waals surface area contributed by atoms with Crippen LogP contribution in [0.2, 0.25) is 0 Å². The molecule has 0 saturated heterocycles. The van der Waals surface area contributed by atoms with Crippen molar-refractivity contribution >= 4 is 27.4 Å². The first kappa shape index (κ1) is 11.2. The van der Waals surface area contributed by atoms with Crippen molar-refractivity contribution < 1.29 is 4.39 Å². The summed E-state index contributed by atoms with van der Waals surface area (Å²) in [4.78, 5) is 4.45. The molecule has 3 aromatic rings. The smallest absolute Gasteiger partial charge is 0.153 e. The lowest BCUT2D eigenvalue weighted by molar-refractivity contribution is 0.628. The molecule has 2 aromatic heterocycles. The van der Waals surface area contributed by atoms with E-state index in [4.69, 9.17) is 5.73 Å². The van der Waals surface area contributed by atoms with Gasteiger partial charge in [-0.3, -0.25) is 4.40 Å². The van der Waals surface area contributed by atoms with Crippen molar-refractivity contribution in [2.75, 3.05) is 5.73 Å². The van der Waals surface area contributed by atoms with Crippen molar-refractivity contribution in [1.82, 2.24) is 9.38 Å². The summed E-state index contributed by atoms with van der Waals surface area (Å²) in [6, 6.07) is 10.00. The Morgan fingerprint density at radius 1 is 1.22 bits per heavy atom. The van der Waals surface area contributed by atoms with Crippen molar-refractivity contribution in [2.45, 2.75) is 0 Å². The van der Waals surface area contributed by atoms with E-state index in [0.29, 0.717) is 22.7 Å². The summed E-state index contributed by atoms with van der Waals surface area (Å²) < 4.78 is 15.8. The molecule has 0 fully saturated rings. The molecule has 0 aliphatic carbocycles. The number of nitrogens with zero attached hydrogens (tertiary/aromatic N) is 2. The molecule has 0 radical (unpaired) electrons. The van der Waals surface area contributed by atoms with E-state index in [1.54, 1.807) is 16.5 Å². The maximum absolute atomic E-state index is 13.2. The van der Waals surface area contributed by atoms with E-state index >= 15 is 0 Å². The van der Waals surface area contributed by atoms with E-state index in [1.165, 1.54) is 12.1 Å². The second-order valence-corrected chi connectivity index (χ2v) is 4.76. The molecule has 3 rings (SSSR count). The summed E-state index contributed by atoms with van der Waals surface area (Å²) in [7, 11) is 0. The van der Waals surface area contributed by atoms with E-state index < -0.39 is 0 Å². The highest BCUT2D eigenvalue weighted by molar-refractivity contribution is 9.10. The van der Waals surface area contributed by atoms with Gasteiger partial charge >= 0.3 is 0 Å². The van der Waals surface area contributed by atoms with Crippen LogP contribution in [0.25, 0.3) is 16.9 Å². The normalized spacial score (nSPS) is 11.0. The van der Waals surface area contributed by atoms with E-state index in [0.717, 1.165) is 4.47 Å². The lowest BCUT2D eigenvalue weighted by Crippen LogP contribution is -1.93. The van der Waals surface area contributed by atoms with Crippen LogP contribution in [-0.4, -0.2) is 9.38 Å². The highest BCUT2D eigenvalue weighted by Gasteiger charge is 2.13. The number of anilines is 1. The lowest BCUT2D eigenvalue weighted by Gasteiger charge is -1.99. The molecule has 5 heteroatoms. The van der Waals surface area contributed by atoms with Gasteiger partial charge in [-0.25, -0.2) is 9.37 Å². The molecular weight excluding hydrogens is 297 g/mol. The van der Waals surface area contributed by atoms with Crippen molar-refractivity contribution in [1.29, 1.82) is 0 Å². The molecule has 0 aliphatic rings. The van der Waals surface area contributed by atoms with Crippen molar-refractivity contribution in [2.24, 2.45) is 0 Å². The maximum Gasteiger partial charge on any atom is 0.153 e. The van der Waals surface area contributed by atoms with Crippen LogP contribution in [0.3, 0.4) is 0 Å². The maximum atomic E-state index is 13.2. The molecule has 2 heterocycles. The topological polar surface area (TPSA) is 43.3 Å². The second-order valence-electron chi connectivity index (χ2n) is 3.91. The van der Waals surface area contributed by atoms with Gasteiger partial charge < -0.3 is 5.73 Å². The molecule has 0 unspecified atom stereocenters. The zero-order chi connectivity index (χ0) is 12.7. The Morgan fingerprint density at radius 3 is 2.78 bits per heavy atom. The number of nitrogens with two attached hydrogens (primary N) is 1. The Balaban J connectivity index is 2.30. The first-order valence-electron chi connectivity index (χ1n) is 5.35. The quantitative estimate of drug-likeness (QED) is 0.748. The van der Waals surface area contributed by atoms with Crippen molar-refractivity contribution in [3.05, 3.63) is 52.9 Å². The van der Waals surface area contributed by atoms with Gasteiger partial charge in [-0.15, -0.1) is 0 Å². The summed E-state index contributed by atoms with van der Waals surface area (Å²) in [6.45, 7) is 0. The number of pyridine rings is 1. The predicted molar refractivity (Wildman–Crippen MR) is 72.7 cm³/mol. The molecule has 0 saturated carbocycles. The van der Waals surface area contributed by atoms with Gasteiger partial charge in [0.25, 0.3) is 0 Å². The summed E-state index contributed by atoms with van der Waals surface area (Å²) in [5.74, 6) is 0.194. The highest BCUT2D eigenvalue weighted by atomic mass is 79.9. The Morgan fingerprint density at radius 2 is 2.06 bits per heavy atom. The minimum absolute atomic E-state index is 0.303. The molecule has 1 aromatic carbocycles. The van der Waals surface area contributed by atoms with E-state index in [2.05, 4.69) is 20.9 Å². The van der Waals surface area contributed by atoms with Crippen LogP contribution in [-0.2, 0) is 0 Å². The SMILES string of the molecule is Nc1c(-c2cccc(F)c2)nc2c(Br)cccn12. The fraction of sp³-hybridized carbons (Fsp3) is 0. The molecular formula is C13H9BrFN3. The van der Waals surface area contributed by atoms with Crippen LogP contribution in [0.5, 0.6) is 0 Å². The minimum atomic E-state index is -0.303. The molecule has 0 aliphatic heterocycles. The van der Waals surface area contributed by atoms with Crippen LogP contribution < -0.4 is 5.73 Å². The predicted octanol–water partition coefficient (Wildman–Crippen LogP) is 3.49. The van der Waals surface area contributed by atoms with Crippen LogP contribution >= 0.6 is 15.9 Å². The molecule has 0 atom stereocenters. The van der Waals surface area contributed by atoms with Gasteiger partial charge in [0, 0.05) is 11.8 Å². The Bertz CT molecular complexity index is 736. The number of hydrogen-bond acceptors (Lipinski definition) is 2. The van der Waals surface area contributed by atoms with Gasteiger partial charge in [0.05, 0.1) is 4.47 Å². The fourth-order valence-corrected chi connectivity index (χ4v) is 2.33. The Hall–Kier alpha value is -1.88. The van der Waals surface area contributed by atoms with Crippen LogP contribution in [0.15, 0.2) is 47.1 Å². The van der Waals surface area contributed by atoms with Gasteiger partial charge in [0.2, 0.25) is 0 Å². The molecule has 0 amide bonds. The van der Waals surface area contributed by atoms with Crippen LogP contribution in [0.4, 0.5) is 10.2 Å². The second kappa shape index (κ2) is 4.10. The third-order valence-electron chi connectivity index (χ3n) is 2.74. The third kappa shape index (κ3) is 1.67. The summed E-state index contributed by atoms with van der Waals surface area (Å²) in [6.07, 6.45) is 1.82. The number of nitrogen functional groups attached to an aromatic ring is 1. The average molecular weight is 306 g/mol. The number of imidazole rings is 1. The monoisotopic (exact) mass is 305 g/mol. The fourth-order valence-electron chi connectivity index (χ4n) is 1.90. The Labute approximate surface area is 111 Å². The van der Waals surface area contributed by atoms with E-state index in [1.807, 2.05) is 18.3 Å². The van der Waals surface area contributed by atoms with Gasteiger partial charge in [-0.1, -0.05) is 12.1 Å². The standard InChI is InChI=1S/C13H9BrFN3/c14-10-5-2-6-18-12(16)11(17-13(10)18)8-3-1-4-9(15)7-8/h1-7H,16H2. The van der Waals surface area contributed by atoms with Gasteiger partial charge in [-0.05, 0) is 40.2 Å². The summed E-state index contributed by atoms with van der Waals surface area (Å²) >= 11 is 3.42. The van der Waals surface area contributed by atoms with Crippen molar-refractivity contribution in [3.63, 3.8) is 0 Å². The number of aromatic nitrogens is 2. The molecule has 3 nitrogen and oxygen atoms in total. The lowest BCUT2D eigenvalue weighted by atomic mass is 10.1. The average Bonchev–Trinajstić information content (AvgIpc) is 2.69. The molecule has 0 spiro atoms. The van der Waals surface area contributed by atoms with Gasteiger partial charge in [0.15, 0.2) is 5.65 Å². The molecule has 18 heavy (non-hydrogen) atoms. The molecule has 90 valence electrons. The summed E-state index contributed by atoms with van der Waals surface area (Å²) in [5.41, 5.74) is 8.02. The highest BCUT2D eigenvalue weighted by Crippen LogP contribution is 2.29. The third-order valence-corrected chi connectivity index (χ3v) is 3.36. The molecule has 0 bridgehead atoms. The van der Waals surface area contributed by atoms with Crippen LogP contribution in [0.1, 0.15) is 0 Å². The molecule has 2 N–H and O–H groups in total. The zero-order valence-corrected chi connectivity index (χ0v) is 10.9. The van der Waals surface area contributed by atoms with E-state index in [9.17, 15) is 4.39 Å². The first-order chi connectivity index (χ1) is 8.66. The number of fused-ring (bicyclic) bond motifs is 1. The Kier molecular flexibility index (Phi) is 2.56. The van der Waals surface area contributed by atoms with Gasteiger partial charge in [0.1, 0.15) is 17.3 Å². The zero-order valence-electron chi connectivity index (χ0n) is 9.27. The van der Waals surface area contributed by atoms with E-state index in [-0.39, 0.29) is 5.82 Å². The number of halogens is 2. The van der Waals surface area contributed by atoms with Crippen LogP contribution in [0, 0.1) is 5.82 Å². The first-order valence-corrected chi connectivity index (χ1v) is 6.14. The largest absolute Gasteiger partial charge is 0.383 e. The number of hydrogen-bond donors (Lipinski definition) is 1. The number of rotatable bonds is 1. The minimum Gasteiger partial charge on any atom is -0.383 e. The van der Waals surface area contributed by atoms with Crippen molar-refractivity contribution in [3.8, 4) is 11.3 Å². The summed E-state index contributed by atoms with van der Waals surface area (Å²) in [5, 5.41) is 0. The van der Waals surface area contributed by atoms with Gasteiger partial charge in [-0.2, -0.15) is 0 Å².